The van der Waals surface area contributed by atoms with Crippen molar-refractivity contribution in [2.75, 3.05) is 0 Å². The van der Waals surface area contributed by atoms with E-state index in [1.807, 2.05) is 36.6 Å². The van der Waals surface area contributed by atoms with Crippen LogP contribution in [-0.4, -0.2) is 19.5 Å². The number of thiazole rings is 1. The van der Waals surface area contributed by atoms with Gasteiger partial charge in [-0.05, 0) is 37.6 Å². The van der Waals surface area contributed by atoms with Crippen LogP contribution in [0.2, 0.25) is 0 Å². The van der Waals surface area contributed by atoms with E-state index in [1.165, 1.54) is 17.4 Å². The third kappa shape index (κ3) is 3.82. The molecule has 0 aliphatic rings. The molecule has 0 N–H and O–H groups in total. The predicted octanol–water partition coefficient (Wildman–Crippen LogP) is 4.04. The van der Waals surface area contributed by atoms with Gasteiger partial charge in [-0.2, -0.15) is 4.98 Å². The number of hydrogen-bond acceptors (Lipinski definition) is 7. The number of hydrogen-bond donors (Lipinski definition) is 0. The summed E-state index contributed by atoms with van der Waals surface area (Å²) in [6.07, 6.45) is 2.92. The van der Waals surface area contributed by atoms with E-state index >= 15 is 0 Å². The van der Waals surface area contributed by atoms with Gasteiger partial charge in [0, 0.05) is 29.1 Å². The molecule has 0 radical (unpaired) electrons. The van der Waals surface area contributed by atoms with Crippen molar-refractivity contribution in [1.29, 1.82) is 0 Å². The zero-order valence-electron chi connectivity index (χ0n) is 15.7. The molecule has 7 nitrogen and oxygen atoms in total. The van der Waals surface area contributed by atoms with Crippen LogP contribution in [0.25, 0.3) is 16.3 Å². The summed E-state index contributed by atoms with van der Waals surface area (Å²) in [7, 11) is 0. The topological polar surface area (TPSA) is 82.5 Å². The molecule has 0 saturated carbocycles. The van der Waals surface area contributed by atoms with E-state index in [9.17, 15) is 4.79 Å². The SMILES string of the molecule is CCCCc1nc(-c2ccc(OCc3cc(=O)n4c(C)csc4n3)cc2)no1. The van der Waals surface area contributed by atoms with Gasteiger partial charge in [-0.25, -0.2) is 4.98 Å². The summed E-state index contributed by atoms with van der Waals surface area (Å²) in [4.78, 5) is 21.8. The summed E-state index contributed by atoms with van der Waals surface area (Å²) in [6.45, 7) is 4.24. The lowest BCUT2D eigenvalue weighted by Gasteiger charge is -2.06. The standard InChI is InChI=1S/C20H20N4O3S/c1-3-4-5-17-22-19(23-27-17)14-6-8-16(9-7-14)26-11-15-10-18(25)24-13(2)12-28-20(24)21-15/h6-10,12H,3-5,11H2,1-2H3. The van der Waals surface area contributed by atoms with Crippen molar-refractivity contribution >= 4 is 16.3 Å². The number of aryl methyl sites for hydroxylation is 2. The van der Waals surface area contributed by atoms with E-state index in [1.54, 1.807) is 4.40 Å². The predicted molar refractivity (Wildman–Crippen MR) is 107 cm³/mol. The molecule has 0 fully saturated rings. The minimum Gasteiger partial charge on any atom is -0.487 e. The van der Waals surface area contributed by atoms with E-state index in [-0.39, 0.29) is 12.2 Å². The number of benzene rings is 1. The van der Waals surface area contributed by atoms with Gasteiger partial charge < -0.3 is 9.26 Å². The fraction of sp³-hybridized carbons (Fsp3) is 0.300. The van der Waals surface area contributed by atoms with E-state index in [4.69, 9.17) is 9.26 Å². The van der Waals surface area contributed by atoms with E-state index in [0.717, 1.165) is 30.5 Å². The van der Waals surface area contributed by atoms with Crippen LogP contribution in [0.3, 0.4) is 0 Å². The van der Waals surface area contributed by atoms with Gasteiger partial charge in [0.15, 0.2) is 4.96 Å². The first-order valence-corrected chi connectivity index (χ1v) is 10.0. The third-order valence-corrected chi connectivity index (χ3v) is 5.28. The maximum Gasteiger partial charge on any atom is 0.259 e. The first-order valence-electron chi connectivity index (χ1n) is 9.16. The quantitative estimate of drug-likeness (QED) is 0.469. The Labute approximate surface area is 165 Å². The molecule has 4 rings (SSSR count). The van der Waals surface area contributed by atoms with Crippen molar-refractivity contribution in [3.63, 3.8) is 0 Å². The minimum absolute atomic E-state index is 0.0892. The van der Waals surface area contributed by atoms with Crippen molar-refractivity contribution in [2.24, 2.45) is 0 Å². The van der Waals surface area contributed by atoms with Gasteiger partial charge in [0.1, 0.15) is 12.4 Å². The van der Waals surface area contributed by atoms with Crippen LogP contribution in [0.4, 0.5) is 0 Å². The summed E-state index contributed by atoms with van der Waals surface area (Å²) in [5.41, 5.74) is 2.27. The fourth-order valence-corrected chi connectivity index (χ4v) is 3.72. The monoisotopic (exact) mass is 396 g/mol. The molecular weight excluding hydrogens is 376 g/mol. The summed E-state index contributed by atoms with van der Waals surface area (Å²) in [5.74, 6) is 1.92. The Hall–Kier alpha value is -3.00. The maximum absolute atomic E-state index is 12.2. The van der Waals surface area contributed by atoms with Gasteiger partial charge >= 0.3 is 0 Å². The minimum atomic E-state index is -0.0892. The Bertz CT molecular complexity index is 1140. The Kier molecular flexibility index (Phi) is 5.21. The fourth-order valence-electron chi connectivity index (χ4n) is 2.83. The molecule has 0 saturated heterocycles. The molecule has 28 heavy (non-hydrogen) atoms. The van der Waals surface area contributed by atoms with Crippen LogP contribution in [0, 0.1) is 6.92 Å². The lowest BCUT2D eigenvalue weighted by Crippen LogP contribution is -2.15. The molecule has 0 unspecified atom stereocenters. The van der Waals surface area contributed by atoms with E-state index in [0.29, 0.717) is 28.1 Å². The molecule has 4 aromatic rings. The highest BCUT2D eigenvalue weighted by Gasteiger charge is 2.10. The van der Waals surface area contributed by atoms with Crippen molar-refractivity contribution in [3.8, 4) is 17.1 Å². The highest BCUT2D eigenvalue weighted by atomic mass is 32.1. The molecule has 8 heteroatoms. The van der Waals surface area contributed by atoms with Gasteiger partial charge in [-0.1, -0.05) is 18.5 Å². The summed E-state index contributed by atoms with van der Waals surface area (Å²) >= 11 is 1.44. The Morgan fingerprint density at radius 1 is 1.21 bits per heavy atom. The number of aromatic nitrogens is 4. The molecule has 1 aromatic carbocycles. The van der Waals surface area contributed by atoms with E-state index in [2.05, 4.69) is 22.0 Å². The molecule has 3 heterocycles. The first-order chi connectivity index (χ1) is 13.6. The normalized spacial score (nSPS) is 11.2. The van der Waals surface area contributed by atoms with Gasteiger partial charge in [0.2, 0.25) is 11.7 Å². The van der Waals surface area contributed by atoms with E-state index < -0.39 is 0 Å². The molecule has 3 aromatic heterocycles. The lowest BCUT2D eigenvalue weighted by atomic mass is 10.2. The average molecular weight is 396 g/mol. The molecule has 0 amide bonds. The third-order valence-electron chi connectivity index (χ3n) is 4.34. The summed E-state index contributed by atoms with van der Waals surface area (Å²) in [6, 6.07) is 8.98. The number of rotatable bonds is 7. The van der Waals surface area contributed by atoms with Crippen LogP contribution in [0.5, 0.6) is 5.75 Å². The summed E-state index contributed by atoms with van der Waals surface area (Å²) in [5, 5.41) is 5.95. The Balaban J connectivity index is 1.43. The second-order valence-electron chi connectivity index (χ2n) is 6.51. The highest BCUT2D eigenvalue weighted by Crippen LogP contribution is 2.21. The van der Waals surface area contributed by atoms with Crippen LogP contribution < -0.4 is 10.3 Å². The van der Waals surface area contributed by atoms with Gasteiger partial charge in [-0.3, -0.25) is 9.20 Å². The molecule has 0 aliphatic carbocycles. The van der Waals surface area contributed by atoms with Gasteiger partial charge in [0.25, 0.3) is 5.56 Å². The van der Waals surface area contributed by atoms with Crippen LogP contribution in [0.15, 0.2) is 45.0 Å². The zero-order valence-corrected chi connectivity index (χ0v) is 16.5. The van der Waals surface area contributed by atoms with Crippen molar-refractivity contribution in [2.45, 2.75) is 39.7 Å². The molecule has 0 aliphatic heterocycles. The van der Waals surface area contributed by atoms with Crippen molar-refractivity contribution in [1.82, 2.24) is 19.5 Å². The summed E-state index contributed by atoms with van der Waals surface area (Å²) < 4.78 is 12.7. The number of ether oxygens (including phenoxy) is 1. The average Bonchev–Trinajstić information content (AvgIpc) is 3.32. The second kappa shape index (κ2) is 7.93. The van der Waals surface area contributed by atoms with Crippen LogP contribution >= 0.6 is 11.3 Å². The van der Waals surface area contributed by atoms with Crippen LogP contribution in [-0.2, 0) is 13.0 Å². The molecule has 0 spiro atoms. The molecule has 0 atom stereocenters. The molecule has 144 valence electrons. The second-order valence-corrected chi connectivity index (χ2v) is 7.35. The number of nitrogens with zero attached hydrogens (tertiary/aromatic N) is 4. The number of fused-ring (bicyclic) bond motifs is 1. The highest BCUT2D eigenvalue weighted by molar-refractivity contribution is 7.15. The molecular formula is C20H20N4O3S. The van der Waals surface area contributed by atoms with Crippen molar-refractivity contribution in [3.05, 3.63) is 63.3 Å². The van der Waals surface area contributed by atoms with Crippen molar-refractivity contribution < 1.29 is 9.26 Å². The number of unbranched alkanes of at least 4 members (excludes halogenated alkanes) is 1. The van der Waals surface area contributed by atoms with Gasteiger partial charge in [0.05, 0.1) is 5.69 Å². The first kappa shape index (κ1) is 18.4. The largest absolute Gasteiger partial charge is 0.487 e. The maximum atomic E-state index is 12.2. The Morgan fingerprint density at radius 2 is 2.04 bits per heavy atom. The zero-order chi connectivity index (χ0) is 19.5. The van der Waals surface area contributed by atoms with Gasteiger partial charge in [-0.15, -0.1) is 11.3 Å². The van der Waals surface area contributed by atoms with Crippen LogP contribution in [0.1, 0.15) is 37.0 Å². The lowest BCUT2D eigenvalue weighted by molar-refractivity contribution is 0.301. The smallest absolute Gasteiger partial charge is 0.259 e. The Morgan fingerprint density at radius 3 is 2.82 bits per heavy atom. The molecule has 0 bridgehead atoms.